The van der Waals surface area contributed by atoms with Crippen LogP contribution >= 0.6 is 11.8 Å². The summed E-state index contributed by atoms with van der Waals surface area (Å²) >= 11 is 1.24. The summed E-state index contributed by atoms with van der Waals surface area (Å²) in [6, 6.07) is 15.8. The topological polar surface area (TPSA) is 120 Å². The van der Waals surface area contributed by atoms with E-state index in [1.807, 2.05) is 30.3 Å². The van der Waals surface area contributed by atoms with Crippen molar-refractivity contribution in [2.45, 2.75) is 22.2 Å². The van der Waals surface area contributed by atoms with Crippen molar-refractivity contribution in [2.75, 3.05) is 37.5 Å². The number of morpholine rings is 1. The molecule has 174 valence electrons. The number of nitrogens with two attached hydrogens (primary N) is 1. The number of sulfonamides is 1. The Labute approximate surface area is 197 Å². The lowest BCUT2D eigenvalue weighted by atomic mass is 10.2. The van der Waals surface area contributed by atoms with Crippen LogP contribution in [0.25, 0.3) is 11.3 Å². The van der Waals surface area contributed by atoms with Crippen molar-refractivity contribution in [3.8, 4) is 11.3 Å². The number of rotatable bonds is 7. The van der Waals surface area contributed by atoms with Crippen LogP contribution in [0, 0.1) is 0 Å². The predicted octanol–water partition coefficient (Wildman–Crippen LogP) is 2.40. The third-order valence-corrected chi connectivity index (χ3v) is 8.14. The van der Waals surface area contributed by atoms with E-state index < -0.39 is 15.3 Å². The molecule has 0 saturated carbocycles. The van der Waals surface area contributed by atoms with E-state index in [-0.39, 0.29) is 10.8 Å². The Morgan fingerprint density at radius 2 is 1.79 bits per heavy atom. The van der Waals surface area contributed by atoms with Crippen LogP contribution in [0.5, 0.6) is 0 Å². The average molecular weight is 488 g/mol. The number of anilines is 1. The second kappa shape index (κ2) is 9.96. The number of nitrogens with zero attached hydrogens (tertiary/aromatic N) is 3. The molecule has 9 nitrogen and oxygen atoms in total. The highest BCUT2D eigenvalue weighted by Crippen LogP contribution is 2.27. The molecule has 0 bridgehead atoms. The van der Waals surface area contributed by atoms with Gasteiger partial charge in [0.05, 0.1) is 35.2 Å². The molecule has 0 aliphatic carbocycles. The zero-order chi connectivity index (χ0) is 23.4. The molecule has 1 aliphatic heterocycles. The number of thioether (sulfide) groups is 1. The number of imidazole rings is 1. The molecule has 1 aromatic heterocycles. The van der Waals surface area contributed by atoms with E-state index >= 15 is 0 Å². The lowest BCUT2D eigenvalue weighted by Gasteiger charge is -2.26. The van der Waals surface area contributed by atoms with Crippen LogP contribution in [-0.4, -0.2) is 59.8 Å². The maximum Gasteiger partial charge on any atom is 0.243 e. The molecule has 3 N–H and O–H groups in total. The fraction of sp³-hybridized carbons (Fsp3) is 0.273. The fourth-order valence-corrected chi connectivity index (χ4v) is 5.53. The molecule has 0 spiro atoms. The van der Waals surface area contributed by atoms with Crippen LogP contribution in [0.3, 0.4) is 0 Å². The smallest absolute Gasteiger partial charge is 0.243 e. The van der Waals surface area contributed by atoms with E-state index in [4.69, 9.17) is 10.6 Å². The maximum atomic E-state index is 12.7. The Balaban J connectivity index is 1.39. The van der Waals surface area contributed by atoms with Gasteiger partial charge in [0.15, 0.2) is 5.16 Å². The van der Waals surface area contributed by atoms with Gasteiger partial charge in [-0.1, -0.05) is 42.1 Å². The van der Waals surface area contributed by atoms with Gasteiger partial charge in [0.2, 0.25) is 15.9 Å². The van der Waals surface area contributed by atoms with Crippen molar-refractivity contribution >= 4 is 33.4 Å². The minimum atomic E-state index is -3.58. The summed E-state index contributed by atoms with van der Waals surface area (Å²) in [7, 11) is -3.58. The van der Waals surface area contributed by atoms with Gasteiger partial charge >= 0.3 is 0 Å². The summed E-state index contributed by atoms with van der Waals surface area (Å²) in [5.41, 5.74) is 2.17. The first-order valence-corrected chi connectivity index (χ1v) is 12.7. The van der Waals surface area contributed by atoms with E-state index in [2.05, 4.69) is 10.3 Å². The summed E-state index contributed by atoms with van der Waals surface area (Å²) in [5, 5.41) is 2.85. The molecule has 1 saturated heterocycles. The van der Waals surface area contributed by atoms with E-state index in [0.717, 1.165) is 11.3 Å². The van der Waals surface area contributed by atoms with Gasteiger partial charge in [-0.3, -0.25) is 4.79 Å². The zero-order valence-electron chi connectivity index (χ0n) is 18.0. The second-order valence-corrected chi connectivity index (χ2v) is 10.7. The zero-order valence-corrected chi connectivity index (χ0v) is 19.7. The van der Waals surface area contributed by atoms with Crippen LogP contribution in [0.4, 0.5) is 5.69 Å². The van der Waals surface area contributed by atoms with Crippen molar-refractivity contribution in [3.63, 3.8) is 0 Å². The first kappa shape index (κ1) is 23.3. The number of ether oxygens (including phenoxy) is 1. The molecule has 2 heterocycles. The van der Waals surface area contributed by atoms with Crippen LogP contribution in [0.15, 0.2) is 70.8 Å². The van der Waals surface area contributed by atoms with E-state index in [9.17, 15) is 13.2 Å². The first-order chi connectivity index (χ1) is 15.8. The molecule has 33 heavy (non-hydrogen) atoms. The van der Waals surface area contributed by atoms with Crippen molar-refractivity contribution in [1.82, 2.24) is 14.0 Å². The van der Waals surface area contributed by atoms with Gasteiger partial charge in [-0.2, -0.15) is 4.31 Å². The summed E-state index contributed by atoms with van der Waals surface area (Å²) in [6.07, 6.45) is 1.72. The quantitative estimate of drug-likeness (QED) is 0.388. The van der Waals surface area contributed by atoms with E-state index in [1.165, 1.54) is 32.9 Å². The predicted molar refractivity (Wildman–Crippen MR) is 128 cm³/mol. The normalized spacial score (nSPS) is 15.8. The Hall–Kier alpha value is -2.86. The summed E-state index contributed by atoms with van der Waals surface area (Å²) < 4.78 is 33.5. The molecule has 0 radical (unpaired) electrons. The van der Waals surface area contributed by atoms with Crippen LogP contribution < -0.4 is 11.2 Å². The summed E-state index contributed by atoms with van der Waals surface area (Å²) in [5.74, 6) is 5.79. The van der Waals surface area contributed by atoms with Gasteiger partial charge in [-0.05, 0) is 31.2 Å². The molecule has 1 atom stereocenters. The number of hydrogen-bond acceptors (Lipinski definition) is 7. The number of amides is 1. The van der Waals surface area contributed by atoms with Crippen molar-refractivity contribution in [2.24, 2.45) is 0 Å². The number of carbonyl (C=O) groups is 1. The van der Waals surface area contributed by atoms with Crippen molar-refractivity contribution in [3.05, 3.63) is 60.8 Å². The molecular formula is C22H25N5O4S2. The van der Waals surface area contributed by atoms with Crippen molar-refractivity contribution in [1.29, 1.82) is 0 Å². The Morgan fingerprint density at radius 1 is 1.12 bits per heavy atom. The number of aromatic nitrogens is 2. The first-order valence-electron chi connectivity index (χ1n) is 10.4. The molecule has 3 aromatic rings. The summed E-state index contributed by atoms with van der Waals surface area (Å²) in [4.78, 5) is 17.4. The number of hydrogen-bond donors (Lipinski definition) is 2. The highest BCUT2D eigenvalue weighted by molar-refractivity contribution is 8.00. The van der Waals surface area contributed by atoms with Gasteiger partial charge < -0.3 is 15.9 Å². The highest BCUT2D eigenvalue weighted by atomic mass is 32.2. The molecule has 11 heteroatoms. The van der Waals surface area contributed by atoms with Crippen LogP contribution in [-0.2, 0) is 19.6 Å². The maximum absolute atomic E-state index is 12.7. The van der Waals surface area contributed by atoms with Gasteiger partial charge in [0.25, 0.3) is 0 Å². The third-order valence-electron chi connectivity index (χ3n) is 5.15. The summed E-state index contributed by atoms with van der Waals surface area (Å²) in [6.45, 7) is 3.19. The van der Waals surface area contributed by atoms with Gasteiger partial charge in [-0.15, -0.1) is 0 Å². The number of nitrogen functional groups attached to an aromatic ring is 1. The second-order valence-electron chi connectivity index (χ2n) is 7.47. The number of benzene rings is 2. The standard InChI is InChI=1S/C22H25N5O4S2/c1-16(32-22-25-20(15-27(22)23)17-5-3-2-4-6-17)21(28)24-18-7-9-19(10-8-18)33(29,30)26-11-13-31-14-12-26/h2-10,15-16H,11-14,23H2,1H3,(H,24,28)/t16-/m1/s1. The third kappa shape index (κ3) is 5.38. The highest BCUT2D eigenvalue weighted by Gasteiger charge is 2.26. The van der Waals surface area contributed by atoms with Gasteiger partial charge in [0, 0.05) is 24.3 Å². The molecule has 4 rings (SSSR count). The molecule has 1 fully saturated rings. The van der Waals surface area contributed by atoms with Crippen LogP contribution in [0.2, 0.25) is 0 Å². The Morgan fingerprint density at radius 3 is 2.45 bits per heavy atom. The lowest BCUT2D eigenvalue weighted by molar-refractivity contribution is -0.115. The minimum absolute atomic E-state index is 0.184. The Kier molecular flexibility index (Phi) is 7.03. The SMILES string of the molecule is C[C@@H](Sc1nc(-c2ccccc2)cn1N)C(=O)Nc1ccc(S(=O)(=O)N2CCOCC2)cc1. The Bertz CT molecular complexity index is 1210. The molecule has 2 aromatic carbocycles. The van der Waals surface area contributed by atoms with Gasteiger partial charge in [0.1, 0.15) is 0 Å². The van der Waals surface area contributed by atoms with Crippen LogP contribution in [0.1, 0.15) is 6.92 Å². The fourth-order valence-electron chi connectivity index (χ4n) is 3.31. The molecule has 1 aliphatic rings. The molecule has 1 amide bonds. The molecule has 0 unspecified atom stereocenters. The monoisotopic (exact) mass is 487 g/mol. The van der Waals surface area contributed by atoms with E-state index in [0.29, 0.717) is 37.1 Å². The lowest BCUT2D eigenvalue weighted by Crippen LogP contribution is -2.40. The van der Waals surface area contributed by atoms with Gasteiger partial charge in [-0.25, -0.2) is 18.1 Å². The van der Waals surface area contributed by atoms with E-state index in [1.54, 1.807) is 25.3 Å². The number of nitrogens with one attached hydrogen (secondary N) is 1. The average Bonchev–Trinajstić information content (AvgIpc) is 3.20. The largest absolute Gasteiger partial charge is 0.379 e. The molecular weight excluding hydrogens is 462 g/mol. The number of carbonyl (C=O) groups excluding carboxylic acids is 1. The van der Waals surface area contributed by atoms with Crippen molar-refractivity contribution < 1.29 is 17.9 Å². The minimum Gasteiger partial charge on any atom is -0.379 e.